The fourth-order valence-electron chi connectivity index (χ4n) is 1.81. The van der Waals surface area contributed by atoms with Crippen LogP contribution in [0.15, 0.2) is 54.2 Å². The Bertz CT molecular complexity index is 742. The van der Waals surface area contributed by atoms with Crippen LogP contribution in [0.2, 0.25) is 0 Å². The van der Waals surface area contributed by atoms with Crippen LogP contribution in [-0.4, -0.2) is 50.6 Å². The second kappa shape index (κ2) is 6.95. The van der Waals surface area contributed by atoms with Crippen LogP contribution >= 0.6 is 11.3 Å². The first-order valence-electron chi connectivity index (χ1n) is 5.94. The predicted molar refractivity (Wildman–Crippen MR) is 83.5 cm³/mol. The summed E-state index contributed by atoms with van der Waals surface area (Å²) in [6.45, 7) is 0. The molecule has 0 unspecified atom stereocenters. The first-order chi connectivity index (χ1) is 9.74. The molecule has 0 saturated carbocycles. The minimum atomic E-state index is -0.924. The van der Waals surface area contributed by atoms with E-state index in [-0.39, 0.29) is 35.1 Å². The zero-order chi connectivity index (χ0) is 13.9. The summed E-state index contributed by atoms with van der Waals surface area (Å²) in [4.78, 5) is 19.4. The second-order valence-electron chi connectivity index (χ2n) is 4.16. The maximum atomic E-state index is 10.8. The average Bonchev–Trinajstić information content (AvgIpc) is 2.98. The number of carboxylic acids is 1. The van der Waals surface area contributed by atoms with Crippen LogP contribution in [0.5, 0.6) is 0 Å². The number of hydrogen-bond acceptors (Lipinski definition) is 4. The number of thiazole rings is 1. The number of aromatic carboxylic acids is 1. The van der Waals surface area contributed by atoms with Gasteiger partial charge in [-0.3, -0.25) is 4.98 Å². The molecule has 0 aliphatic rings. The van der Waals surface area contributed by atoms with Crippen LogP contribution in [0.4, 0.5) is 0 Å². The average molecular weight is 305 g/mol. The molecule has 2 aromatic heterocycles. The molecule has 0 atom stereocenters. The van der Waals surface area contributed by atoms with Crippen LogP contribution in [0.25, 0.3) is 21.8 Å². The summed E-state index contributed by atoms with van der Waals surface area (Å²) in [5, 5.41) is 11.7. The molecule has 1 N–H and O–H groups in total. The van der Waals surface area contributed by atoms with Crippen LogP contribution < -0.4 is 0 Å². The minimum Gasteiger partial charge on any atom is -0.478 e. The molecule has 3 aromatic rings. The molecule has 1 aromatic carbocycles. The summed E-state index contributed by atoms with van der Waals surface area (Å²) < 4.78 is 0. The van der Waals surface area contributed by atoms with Gasteiger partial charge >= 0.3 is 5.97 Å². The van der Waals surface area contributed by atoms with E-state index >= 15 is 0 Å². The molecular formula is C15H10N2NaO2S. The molecule has 3 rings (SSSR count). The van der Waals surface area contributed by atoms with E-state index < -0.39 is 5.97 Å². The van der Waals surface area contributed by atoms with Gasteiger partial charge in [0.25, 0.3) is 0 Å². The van der Waals surface area contributed by atoms with Gasteiger partial charge in [-0.15, -0.1) is 11.3 Å². The Hall–Kier alpha value is -1.53. The standard InChI is InChI=1S/C15H10N2O2S.Na/c18-15(19)11-5-3-10(4-6-11)14-17-13(9-20-14)12-2-1-7-16-8-12;/h1-9H,(H,18,19);. The van der Waals surface area contributed by atoms with Crippen molar-refractivity contribution in [2.24, 2.45) is 0 Å². The van der Waals surface area contributed by atoms with E-state index in [1.165, 1.54) is 11.3 Å². The third kappa shape index (κ3) is 3.57. The second-order valence-corrected chi connectivity index (χ2v) is 5.02. The Labute approximate surface area is 147 Å². The molecule has 0 amide bonds. The number of pyridine rings is 1. The maximum absolute atomic E-state index is 10.8. The van der Waals surface area contributed by atoms with Gasteiger partial charge < -0.3 is 5.11 Å². The Morgan fingerprint density at radius 2 is 1.86 bits per heavy atom. The summed E-state index contributed by atoms with van der Waals surface area (Å²) in [6, 6.07) is 10.5. The van der Waals surface area contributed by atoms with Gasteiger partial charge in [0.1, 0.15) is 5.01 Å². The van der Waals surface area contributed by atoms with Crippen molar-refractivity contribution in [3.63, 3.8) is 0 Å². The molecule has 4 nitrogen and oxygen atoms in total. The molecule has 0 aliphatic carbocycles. The summed E-state index contributed by atoms with van der Waals surface area (Å²) in [6.07, 6.45) is 3.49. The molecule has 21 heavy (non-hydrogen) atoms. The summed E-state index contributed by atoms with van der Waals surface area (Å²) >= 11 is 1.53. The number of rotatable bonds is 3. The van der Waals surface area contributed by atoms with Crippen molar-refractivity contribution in [3.05, 3.63) is 59.7 Å². The molecule has 2 heterocycles. The van der Waals surface area contributed by atoms with Crippen LogP contribution in [0, 0.1) is 0 Å². The largest absolute Gasteiger partial charge is 0.478 e. The predicted octanol–water partition coefficient (Wildman–Crippen LogP) is 3.19. The number of nitrogens with zero attached hydrogens (tertiary/aromatic N) is 2. The van der Waals surface area contributed by atoms with Crippen LogP contribution in [0.3, 0.4) is 0 Å². The normalized spacial score (nSPS) is 9.90. The summed E-state index contributed by atoms with van der Waals surface area (Å²) in [5.74, 6) is -0.924. The van der Waals surface area contributed by atoms with Gasteiger partial charge in [-0.1, -0.05) is 12.1 Å². The number of carboxylic acid groups (broad SMARTS) is 1. The van der Waals surface area contributed by atoms with Crippen molar-refractivity contribution in [1.29, 1.82) is 0 Å². The molecule has 0 aliphatic heterocycles. The molecule has 1 radical (unpaired) electrons. The number of carbonyl (C=O) groups is 1. The number of aromatic nitrogens is 2. The van der Waals surface area contributed by atoms with Crippen molar-refractivity contribution in [2.75, 3.05) is 0 Å². The van der Waals surface area contributed by atoms with Gasteiger partial charge in [0.05, 0.1) is 11.3 Å². The molecule has 0 bridgehead atoms. The Balaban J connectivity index is 0.00000161. The fourth-order valence-corrected chi connectivity index (χ4v) is 2.64. The summed E-state index contributed by atoms with van der Waals surface area (Å²) in [7, 11) is 0. The van der Waals surface area contributed by atoms with Crippen LogP contribution in [0.1, 0.15) is 10.4 Å². The van der Waals surface area contributed by atoms with Crippen molar-refractivity contribution in [1.82, 2.24) is 9.97 Å². The molecule has 0 saturated heterocycles. The third-order valence-electron chi connectivity index (χ3n) is 2.84. The van der Waals surface area contributed by atoms with Gasteiger partial charge in [-0.2, -0.15) is 0 Å². The monoisotopic (exact) mass is 305 g/mol. The Morgan fingerprint density at radius 3 is 2.48 bits per heavy atom. The molecule has 0 fully saturated rings. The van der Waals surface area contributed by atoms with E-state index in [0.29, 0.717) is 0 Å². The summed E-state index contributed by atoms with van der Waals surface area (Å²) in [5.41, 5.74) is 3.03. The van der Waals surface area contributed by atoms with Gasteiger partial charge in [-0.25, -0.2) is 9.78 Å². The first-order valence-corrected chi connectivity index (χ1v) is 6.81. The van der Waals surface area contributed by atoms with E-state index in [0.717, 1.165) is 21.8 Å². The number of hydrogen-bond donors (Lipinski definition) is 1. The van der Waals surface area contributed by atoms with E-state index in [1.54, 1.807) is 36.7 Å². The smallest absolute Gasteiger partial charge is 0.335 e. The fraction of sp³-hybridized carbons (Fsp3) is 0. The zero-order valence-electron chi connectivity index (χ0n) is 11.4. The minimum absolute atomic E-state index is 0. The molecular weight excluding hydrogens is 295 g/mol. The maximum Gasteiger partial charge on any atom is 0.335 e. The van der Waals surface area contributed by atoms with Crippen molar-refractivity contribution in [2.45, 2.75) is 0 Å². The Kier molecular flexibility index (Phi) is 5.25. The van der Waals surface area contributed by atoms with Gasteiger partial charge in [-0.05, 0) is 24.3 Å². The number of benzene rings is 1. The first kappa shape index (κ1) is 15.9. The topological polar surface area (TPSA) is 63.1 Å². The quantitative estimate of drug-likeness (QED) is 0.755. The van der Waals surface area contributed by atoms with E-state index in [1.807, 2.05) is 17.5 Å². The molecule has 6 heteroatoms. The van der Waals surface area contributed by atoms with E-state index in [4.69, 9.17) is 5.11 Å². The zero-order valence-corrected chi connectivity index (χ0v) is 14.2. The van der Waals surface area contributed by atoms with Gasteiger partial charge in [0, 0.05) is 58.5 Å². The van der Waals surface area contributed by atoms with Gasteiger partial charge in [0.15, 0.2) is 0 Å². The molecule has 0 spiro atoms. The van der Waals surface area contributed by atoms with E-state index in [2.05, 4.69) is 9.97 Å². The Morgan fingerprint density at radius 1 is 1.10 bits per heavy atom. The molecule has 99 valence electrons. The van der Waals surface area contributed by atoms with Crippen molar-refractivity contribution in [3.8, 4) is 21.8 Å². The van der Waals surface area contributed by atoms with Crippen molar-refractivity contribution < 1.29 is 9.90 Å². The van der Waals surface area contributed by atoms with Crippen LogP contribution in [-0.2, 0) is 0 Å². The van der Waals surface area contributed by atoms with E-state index in [9.17, 15) is 4.79 Å². The van der Waals surface area contributed by atoms with Crippen molar-refractivity contribution >= 4 is 46.9 Å². The SMILES string of the molecule is O=C(O)c1ccc(-c2nc(-c3cccnc3)cs2)cc1.[Na]. The van der Waals surface area contributed by atoms with Gasteiger partial charge in [0.2, 0.25) is 0 Å². The third-order valence-corrected chi connectivity index (χ3v) is 3.73.